The molecule has 0 bridgehead atoms. The van der Waals surface area contributed by atoms with Crippen LogP contribution in [0.3, 0.4) is 0 Å². The molecule has 0 heterocycles. The Morgan fingerprint density at radius 2 is 2.00 bits per heavy atom. The van der Waals surface area contributed by atoms with E-state index < -0.39 is 5.97 Å². The van der Waals surface area contributed by atoms with Crippen molar-refractivity contribution in [3.8, 4) is 11.8 Å². The van der Waals surface area contributed by atoms with Gasteiger partial charge in [0.15, 0.2) is 0 Å². The van der Waals surface area contributed by atoms with Gasteiger partial charge in [-0.05, 0) is 26.7 Å². The van der Waals surface area contributed by atoms with Crippen molar-refractivity contribution in [1.82, 2.24) is 0 Å². The number of Topliss-reactive ketones (excluding diaryl/α,β-unsaturated/α-hetero) is 1. The molecule has 0 N–H and O–H groups in total. The van der Waals surface area contributed by atoms with E-state index in [0.29, 0.717) is 19.4 Å². The monoisotopic (exact) mass is 196 g/mol. The van der Waals surface area contributed by atoms with Gasteiger partial charge >= 0.3 is 5.97 Å². The molecule has 0 aromatic carbocycles. The Morgan fingerprint density at radius 3 is 2.57 bits per heavy atom. The highest BCUT2D eigenvalue weighted by Gasteiger charge is 1.93. The van der Waals surface area contributed by atoms with Gasteiger partial charge in [0.2, 0.25) is 0 Å². The maximum absolute atomic E-state index is 10.7. The fourth-order valence-corrected chi connectivity index (χ4v) is 0.889. The topological polar surface area (TPSA) is 43.4 Å². The number of hydrogen-bond acceptors (Lipinski definition) is 3. The number of unbranched alkanes of at least 4 members (excludes halogenated alkanes) is 2. The lowest BCUT2D eigenvalue weighted by Crippen LogP contribution is -1.99. The summed E-state index contributed by atoms with van der Waals surface area (Å²) < 4.78 is 4.62. The Hall–Kier alpha value is -1.30. The van der Waals surface area contributed by atoms with Gasteiger partial charge in [-0.15, -0.1) is 0 Å². The van der Waals surface area contributed by atoms with Gasteiger partial charge in [-0.2, -0.15) is 0 Å². The minimum absolute atomic E-state index is 0.198. The molecule has 0 aromatic heterocycles. The van der Waals surface area contributed by atoms with Crippen molar-refractivity contribution < 1.29 is 14.3 Å². The molecule has 0 fully saturated rings. The van der Waals surface area contributed by atoms with E-state index in [1.807, 2.05) is 0 Å². The smallest absolute Gasteiger partial charge is 0.384 e. The summed E-state index contributed by atoms with van der Waals surface area (Å²) in [5.41, 5.74) is 0. The third kappa shape index (κ3) is 8.79. The van der Waals surface area contributed by atoms with Crippen molar-refractivity contribution in [3.63, 3.8) is 0 Å². The fraction of sp³-hybridized carbons (Fsp3) is 0.636. The second-order valence-electron chi connectivity index (χ2n) is 2.93. The molecule has 0 aliphatic carbocycles. The van der Waals surface area contributed by atoms with Gasteiger partial charge in [-0.3, -0.25) is 0 Å². The highest BCUT2D eigenvalue weighted by Crippen LogP contribution is 1.98. The highest BCUT2D eigenvalue weighted by atomic mass is 16.5. The molecule has 0 saturated heterocycles. The minimum Gasteiger partial charge on any atom is -0.456 e. The number of ketones is 1. The summed E-state index contributed by atoms with van der Waals surface area (Å²) >= 11 is 0. The summed E-state index contributed by atoms with van der Waals surface area (Å²) in [4.78, 5) is 21.3. The van der Waals surface area contributed by atoms with Crippen LogP contribution >= 0.6 is 0 Å². The predicted octanol–water partition coefficient (Wildman–Crippen LogP) is 1.70. The zero-order valence-corrected chi connectivity index (χ0v) is 8.76. The minimum atomic E-state index is -0.473. The first-order valence-electron chi connectivity index (χ1n) is 4.82. The average Bonchev–Trinajstić information content (AvgIpc) is 2.11. The van der Waals surface area contributed by atoms with Crippen LogP contribution in [0, 0.1) is 11.8 Å². The molecule has 14 heavy (non-hydrogen) atoms. The lowest BCUT2D eigenvalue weighted by atomic mass is 10.1. The third-order valence-corrected chi connectivity index (χ3v) is 1.55. The summed E-state index contributed by atoms with van der Waals surface area (Å²) in [7, 11) is 0. The standard InChI is InChI=1S/C11H16O3/c1-3-14-11(13)9-7-5-4-6-8-10(2)12/h3-6,8H2,1-2H3. The lowest BCUT2D eigenvalue weighted by Gasteiger charge is -1.92. The number of hydrogen-bond donors (Lipinski definition) is 0. The van der Waals surface area contributed by atoms with Gasteiger partial charge in [-0.25, -0.2) is 4.79 Å². The Morgan fingerprint density at radius 1 is 1.29 bits per heavy atom. The van der Waals surface area contributed by atoms with E-state index in [4.69, 9.17) is 0 Å². The van der Waals surface area contributed by atoms with Gasteiger partial charge < -0.3 is 9.53 Å². The van der Waals surface area contributed by atoms with Crippen LogP contribution in [-0.2, 0) is 14.3 Å². The maximum atomic E-state index is 10.7. The average molecular weight is 196 g/mol. The Balaban J connectivity index is 3.43. The van der Waals surface area contributed by atoms with Crippen molar-refractivity contribution in [2.24, 2.45) is 0 Å². The van der Waals surface area contributed by atoms with Crippen molar-refractivity contribution in [2.45, 2.75) is 39.5 Å². The van der Waals surface area contributed by atoms with Gasteiger partial charge in [0.05, 0.1) is 6.61 Å². The molecule has 0 atom stereocenters. The molecule has 0 spiro atoms. The van der Waals surface area contributed by atoms with Crippen molar-refractivity contribution in [2.75, 3.05) is 6.61 Å². The first-order chi connectivity index (χ1) is 6.66. The van der Waals surface area contributed by atoms with Gasteiger partial charge in [0.25, 0.3) is 0 Å². The number of carbonyl (C=O) groups excluding carboxylic acids is 2. The fourth-order valence-electron chi connectivity index (χ4n) is 0.889. The summed E-state index contributed by atoms with van der Waals surface area (Å²) in [5.74, 6) is 4.81. The molecule has 0 aromatic rings. The number of esters is 1. The molecule has 0 aliphatic heterocycles. The first-order valence-corrected chi connectivity index (χ1v) is 4.82. The van der Waals surface area contributed by atoms with Crippen LogP contribution < -0.4 is 0 Å². The Kier molecular flexibility index (Phi) is 7.53. The molecular weight excluding hydrogens is 180 g/mol. The van der Waals surface area contributed by atoms with E-state index in [9.17, 15) is 9.59 Å². The normalized spacial score (nSPS) is 8.71. The zero-order chi connectivity index (χ0) is 10.8. The molecular formula is C11H16O3. The first kappa shape index (κ1) is 12.7. The van der Waals surface area contributed by atoms with E-state index in [2.05, 4.69) is 16.6 Å². The van der Waals surface area contributed by atoms with Crippen LogP contribution in [0.2, 0.25) is 0 Å². The Labute approximate surface area is 84.8 Å². The van der Waals surface area contributed by atoms with Crippen LogP contribution in [0.5, 0.6) is 0 Å². The van der Waals surface area contributed by atoms with E-state index >= 15 is 0 Å². The van der Waals surface area contributed by atoms with Gasteiger partial charge in [0.1, 0.15) is 5.78 Å². The van der Waals surface area contributed by atoms with Gasteiger partial charge in [0, 0.05) is 18.8 Å². The molecule has 0 aliphatic rings. The van der Waals surface area contributed by atoms with Crippen LogP contribution in [0.1, 0.15) is 39.5 Å². The van der Waals surface area contributed by atoms with E-state index in [0.717, 1.165) is 12.8 Å². The zero-order valence-electron chi connectivity index (χ0n) is 8.76. The van der Waals surface area contributed by atoms with Crippen LogP contribution in [0.15, 0.2) is 0 Å². The number of rotatable bonds is 5. The molecule has 0 saturated carbocycles. The second kappa shape index (κ2) is 8.31. The summed E-state index contributed by atoms with van der Waals surface area (Å²) in [6.07, 6.45) is 2.94. The lowest BCUT2D eigenvalue weighted by molar-refractivity contribution is -0.136. The molecule has 3 heteroatoms. The molecule has 78 valence electrons. The third-order valence-electron chi connectivity index (χ3n) is 1.55. The number of carbonyl (C=O) groups is 2. The van der Waals surface area contributed by atoms with E-state index in [-0.39, 0.29) is 5.78 Å². The molecule has 0 unspecified atom stereocenters. The van der Waals surface area contributed by atoms with Crippen molar-refractivity contribution >= 4 is 11.8 Å². The van der Waals surface area contributed by atoms with Crippen LogP contribution in [0.4, 0.5) is 0 Å². The molecule has 0 amide bonds. The van der Waals surface area contributed by atoms with Crippen molar-refractivity contribution in [3.05, 3.63) is 0 Å². The van der Waals surface area contributed by atoms with E-state index in [1.54, 1.807) is 13.8 Å². The Bertz CT molecular complexity index is 245. The highest BCUT2D eigenvalue weighted by molar-refractivity contribution is 5.88. The molecule has 0 radical (unpaired) electrons. The van der Waals surface area contributed by atoms with Crippen LogP contribution in [0.25, 0.3) is 0 Å². The SMILES string of the molecule is CCOC(=O)C#CCCCCC(C)=O. The summed E-state index contributed by atoms with van der Waals surface area (Å²) in [5, 5.41) is 0. The van der Waals surface area contributed by atoms with Crippen LogP contribution in [-0.4, -0.2) is 18.4 Å². The summed E-state index contributed by atoms with van der Waals surface area (Å²) in [6, 6.07) is 0. The van der Waals surface area contributed by atoms with Crippen molar-refractivity contribution in [1.29, 1.82) is 0 Å². The maximum Gasteiger partial charge on any atom is 0.384 e. The molecule has 3 nitrogen and oxygen atoms in total. The van der Waals surface area contributed by atoms with Gasteiger partial charge in [-0.1, -0.05) is 5.92 Å². The largest absolute Gasteiger partial charge is 0.456 e. The number of ether oxygens (including phenoxy) is 1. The molecule has 0 rings (SSSR count). The summed E-state index contributed by atoms with van der Waals surface area (Å²) in [6.45, 7) is 3.68. The quantitative estimate of drug-likeness (QED) is 0.291. The van der Waals surface area contributed by atoms with E-state index in [1.165, 1.54) is 0 Å². The second-order valence-corrected chi connectivity index (χ2v) is 2.93. The predicted molar refractivity (Wildman–Crippen MR) is 53.6 cm³/mol.